The number of benzene rings is 3. The average Bonchev–Trinajstić information content (AvgIpc) is 3.13. The SMILES string of the molecule is CCc1ccc(N[C@H]2NC(=O)/C(=C/c3cc(Br)ccc3OCc3ccc(Cl)cc3Cl)S2)cc1. The van der Waals surface area contributed by atoms with Crippen molar-refractivity contribution in [3.63, 3.8) is 0 Å². The molecule has 0 aliphatic carbocycles. The highest BCUT2D eigenvalue weighted by Crippen LogP contribution is 2.34. The van der Waals surface area contributed by atoms with Crippen LogP contribution in [0.15, 0.2) is 70.0 Å². The van der Waals surface area contributed by atoms with Gasteiger partial charge in [0, 0.05) is 31.3 Å². The minimum Gasteiger partial charge on any atom is -0.488 e. The van der Waals surface area contributed by atoms with E-state index in [1.807, 2.05) is 42.5 Å². The van der Waals surface area contributed by atoms with Crippen LogP contribution in [0.1, 0.15) is 23.6 Å². The predicted octanol–water partition coefficient (Wildman–Crippen LogP) is 7.50. The zero-order valence-corrected chi connectivity index (χ0v) is 21.6. The number of aryl methyl sites for hydroxylation is 1. The number of thioether (sulfide) groups is 1. The van der Waals surface area contributed by atoms with Crippen LogP contribution >= 0.6 is 50.9 Å². The molecule has 170 valence electrons. The standard InChI is InChI=1S/C25H21BrCl2N2O2S/c1-2-15-3-8-20(9-4-15)29-25-30-24(31)23(33-25)12-17-11-18(26)6-10-22(17)32-14-16-5-7-19(27)13-21(16)28/h3-13,25,29H,2,14H2,1H3,(H,30,31)/b23-12-/t25-/m0/s1. The summed E-state index contributed by atoms with van der Waals surface area (Å²) in [5, 5.41) is 7.44. The first kappa shape index (κ1) is 24.0. The lowest BCUT2D eigenvalue weighted by Gasteiger charge is -2.13. The maximum absolute atomic E-state index is 12.6. The topological polar surface area (TPSA) is 50.4 Å². The van der Waals surface area contributed by atoms with Gasteiger partial charge in [0.25, 0.3) is 5.91 Å². The van der Waals surface area contributed by atoms with Crippen molar-refractivity contribution in [2.24, 2.45) is 0 Å². The van der Waals surface area contributed by atoms with E-state index in [0.717, 1.165) is 27.7 Å². The van der Waals surface area contributed by atoms with Crippen molar-refractivity contribution in [2.45, 2.75) is 25.4 Å². The van der Waals surface area contributed by atoms with Crippen molar-refractivity contribution in [1.29, 1.82) is 0 Å². The van der Waals surface area contributed by atoms with Crippen LogP contribution in [0.3, 0.4) is 0 Å². The first-order chi connectivity index (χ1) is 15.9. The summed E-state index contributed by atoms with van der Waals surface area (Å²) in [5.41, 5.74) is 3.60. The molecule has 1 saturated heterocycles. The lowest BCUT2D eigenvalue weighted by atomic mass is 10.1. The smallest absolute Gasteiger partial charge is 0.260 e. The van der Waals surface area contributed by atoms with Gasteiger partial charge in [-0.15, -0.1) is 0 Å². The van der Waals surface area contributed by atoms with Crippen LogP contribution in [0.25, 0.3) is 6.08 Å². The molecule has 8 heteroatoms. The van der Waals surface area contributed by atoms with Crippen LogP contribution in [0, 0.1) is 0 Å². The summed E-state index contributed by atoms with van der Waals surface area (Å²) in [4.78, 5) is 13.2. The van der Waals surface area contributed by atoms with Crippen LogP contribution in [-0.4, -0.2) is 11.4 Å². The largest absolute Gasteiger partial charge is 0.488 e. The zero-order chi connectivity index (χ0) is 23.4. The van der Waals surface area contributed by atoms with Crippen molar-refractivity contribution in [3.8, 4) is 5.75 Å². The number of hydrogen-bond acceptors (Lipinski definition) is 4. The van der Waals surface area contributed by atoms with Gasteiger partial charge in [0.2, 0.25) is 0 Å². The molecule has 0 unspecified atom stereocenters. The summed E-state index contributed by atoms with van der Waals surface area (Å²) < 4.78 is 6.93. The molecular weight excluding hydrogens is 543 g/mol. The molecule has 0 aromatic heterocycles. The summed E-state index contributed by atoms with van der Waals surface area (Å²) in [6, 6.07) is 19.2. The number of ether oxygens (including phenoxy) is 1. The van der Waals surface area contributed by atoms with Crippen molar-refractivity contribution < 1.29 is 9.53 Å². The molecule has 0 spiro atoms. The van der Waals surface area contributed by atoms with Gasteiger partial charge in [0.05, 0.1) is 4.91 Å². The van der Waals surface area contributed by atoms with Gasteiger partial charge in [-0.2, -0.15) is 0 Å². The second kappa shape index (κ2) is 10.9. The first-order valence-electron chi connectivity index (χ1n) is 10.3. The highest BCUT2D eigenvalue weighted by molar-refractivity contribution is 9.10. The molecule has 4 nitrogen and oxygen atoms in total. The normalized spacial score (nSPS) is 16.7. The van der Waals surface area contributed by atoms with E-state index in [1.165, 1.54) is 17.3 Å². The maximum Gasteiger partial charge on any atom is 0.260 e. The number of hydrogen-bond donors (Lipinski definition) is 2. The Balaban J connectivity index is 1.49. The van der Waals surface area contributed by atoms with E-state index in [0.29, 0.717) is 20.7 Å². The Morgan fingerprint density at radius 1 is 1.12 bits per heavy atom. The van der Waals surface area contributed by atoms with Crippen molar-refractivity contribution in [3.05, 3.63) is 96.8 Å². The van der Waals surface area contributed by atoms with Gasteiger partial charge in [-0.1, -0.05) is 76.0 Å². The van der Waals surface area contributed by atoms with Gasteiger partial charge in [-0.3, -0.25) is 4.79 Å². The molecule has 1 aliphatic heterocycles. The molecule has 1 atom stereocenters. The molecule has 33 heavy (non-hydrogen) atoms. The molecule has 1 heterocycles. The third-order valence-electron chi connectivity index (χ3n) is 5.05. The number of anilines is 1. The summed E-state index contributed by atoms with van der Waals surface area (Å²) >= 11 is 17.2. The van der Waals surface area contributed by atoms with Crippen LogP contribution in [-0.2, 0) is 17.8 Å². The van der Waals surface area contributed by atoms with E-state index in [9.17, 15) is 4.79 Å². The van der Waals surface area contributed by atoms with Gasteiger partial charge in [-0.05, 0) is 60.5 Å². The Hall–Kier alpha value is -2.12. The molecule has 2 N–H and O–H groups in total. The number of rotatable bonds is 7. The third-order valence-corrected chi connectivity index (χ3v) is 7.16. The predicted molar refractivity (Wildman–Crippen MR) is 142 cm³/mol. The Kier molecular flexibility index (Phi) is 7.91. The summed E-state index contributed by atoms with van der Waals surface area (Å²) in [6.45, 7) is 2.40. The van der Waals surface area contributed by atoms with Gasteiger partial charge >= 0.3 is 0 Å². The van der Waals surface area contributed by atoms with Crippen LogP contribution < -0.4 is 15.4 Å². The fourth-order valence-corrected chi connectivity index (χ4v) is 5.07. The Morgan fingerprint density at radius 3 is 2.64 bits per heavy atom. The lowest BCUT2D eigenvalue weighted by molar-refractivity contribution is -0.116. The van der Waals surface area contributed by atoms with E-state index < -0.39 is 0 Å². The van der Waals surface area contributed by atoms with Crippen molar-refractivity contribution >= 4 is 68.6 Å². The number of nitrogens with one attached hydrogen (secondary N) is 2. The first-order valence-corrected chi connectivity index (χ1v) is 12.7. The molecule has 0 saturated carbocycles. The molecule has 4 rings (SSSR count). The number of carbonyl (C=O) groups is 1. The monoisotopic (exact) mass is 562 g/mol. The Morgan fingerprint density at radius 2 is 1.91 bits per heavy atom. The fourth-order valence-electron chi connectivity index (χ4n) is 3.25. The van der Waals surface area contributed by atoms with E-state index in [-0.39, 0.29) is 18.0 Å². The minimum atomic E-state index is -0.249. The zero-order valence-electron chi connectivity index (χ0n) is 17.7. The molecule has 0 bridgehead atoms. The van der Waals surface area contributed by atoms with Crippen molar-refractivity contribution in [2.75, 3.05) is 5.32 Å². The second-order valence-corrected chi connectivity index (χ2v) is 10.3. The summed E-state index contributed by atoms with van der Waals surface area (Å²) in [5.74, 6) is 0.519. The van der Waals surface area contributed by atoms with E-state index >= 15 is 0 Å². The Bertz CT molecular complexity index is 1200. The summed E-state index contributed by atoms with van der Waals surface area (Å²) in [6.07, 6.45) is 2.83. The van der Waals surface area contributed by atoms with Crippen molar-refractivity contribution in [1.82, 2.24) is 5.32 Å². The highest BCUT2D eigenvalue weighted by atomic mass is 79.9. The third kappa shape index (κ3) is 6.27. The van der Waals surface area contributed by atoms with E-state index in [2.05, 4.69) is 45.6 Å². The maximum atomic E-state index is 12.6. The quantitative estimate of drug-likeness (QED) is 0.292. The van der Waals surface area contributed by atoms with Crippen LogP contribution in [0.2, 0.25) is 10.0 Å². The molecule has 3 aromatic carbocycles. The molecule has 1 aliphatic rings. The fraction of sp³-hybridized carbons (Fsp3) is 0.160. The number of amides is 1. The summed E-state index contributed by atoms with van der Waals surface area (Å²) in [7, 11) is 0. The molecule has 3 aromatic rings. The molecular formula is C25H21BrCl2N2O2S. The van der Waals surface area contributed by atoms with Crippen LogP contribution in [0.4, 0.5) is 5.69 Å². The van der Waals surface area contributed by atoms with E-state index in [4.69, 9.17) is 27.9 Å². The molecule has 1 amide bonds. The highest BCUT2D eigenvalue weighted by Gasteiger charge is 2.27. The number of halogens is 3. The van der Waals surface area contributed by atoms with Gasteiger partial charge in [-0.25, -0.2) is 0 Å². The molecule has 1 fully saturated rings. The van der Waals surface area contributed by atoms with E-state index in [1.54, 1.807) is 12.1 Å². The van der Waals surface area contributed by atoms with Gasteiger partial charge in [0.1, 0.15) is 12.4 Å². The Labute approximate surface area is 215 Å². The number of carbonyl (C=O) groups excluding carboxylic acids is 1. The van der Waals surface area contributed by atoms with Crippen LogP contribution in [0.5, 0.6) is 5.75 Å². The second-order valence-electron chi connectivity index (χ2n) is 7.38. The van der Waals surface area contributed by atoms with Gasteiger partial charge < -0.3 is 15.4 Å². The molecule has 0 radical (unpaired) electrons. The van der Waals surface area contributed by atoms with Gasteiger partial charge in [0.15, 0.2) is 5.50 Å². The minimum absolute atomic E-state index is 0.130. The lowest BCUT2D eigenvalue weighted by Crippen LogP contribution is -2.30. The average molecular weight is 564 g/mol.